The van der Waals surface area contributed by atoms with Gasteiger partial charge in [0.15, 0.2) is 0 Å². The zero-order chi connectivity index (χ0) is 12.9. The first-order valence-electron chi connectivity index (χ1n) is 5.59. The molecule has 4 heteroatoms. The first-order valence-corrected chi connectivity index (χ1v) is 5.59. The molecule has 1 aromatic rings. The molecular weight excluding hydrogens is 218 g/mol. The molecule has 17 heavy (non-hydrogen) atoms. The molecule has 0 saturated carbocycles. The van der Waals surface area contributed by atoms with E-state index < -0.39 is 5.60 Å². The third-order valence-corrected chi connectivity index (χ3v) is 2.28. The molecule has 0 fully saturated rings. The van der Waals surface area contributed by atoms with Gasteiger partial charge in [0, 0.05) is 12.1 Å². The van der Waals surface area contributed by atoms with E-state index in [2.05, 4.69) is 0 Å². The Morgan fingerprint density at radius 3 is 2.76 bits per heavy atom. The fourth-order valence-corrected chi connectivity index (χ4v) is 1.34. The number of hydrogen-bond donors (Lipinski definition) is 2. The van der Waals surface area contributed by atoms with Crippen molar-refractivity contribution in [3.63, 3.8) is 0 Å². The molecule has 0 aliphatic heterocycles. The highest BCUT2D eigenvalue weighted by Gasteiger charge is 2.13. The van der Waals surface area contributed by atoms with Gasteiger partial charge in [-0.1, -0.05) is 12.1 Å². The Balaban J connectivity index is 2.35. The van der Waals surface area contributed by atoms with Crippen LogP contribution in [0, 0.1) is 0 Å². The Morgan fingerprint density at radius 2 is 2.18 bits per heavy atom. The van der Waals surface area contributed by atoms with Crippen LogP contribution in [0.3, 0.4) is 0 Å². The largest absolute Gasteiger partial charge is 0.465 e. The molecule has 0 radical (unpaired) electrons. The molecule has 0 aliphatic rings. The topological polar surface area (TPSA) is 72.5 Å². The maximum absolute atomic E-state index is 11.5. The van der Waals surface area contributed by atoms with E-state index >= 15 is 0 Å². The van der Waals surface area contributed by atoms with E-state index in [0.717, 1.165) is 5.56 Å². The van der Waals surface area contributed by atoms with Crippen molar-refractivity contribution in [3.8, 4) is 0 Å². The minimum atomic E-state index is -0.808. The average molecular weight is 237 g/mol. The molecule has 3 N–H and O–H groups in total. The van der Waals surface area contributed by atoms with E-state index in [0.29, 0.717) is 12.1 Å². The van der Waals surface area contributed by atoms with Crippen LogP contribution in [0.2, 0.25) is 0 Å². The summed E-state index contributed by atoms with van der Waals surface area (Å²) < 4.78 is 5.02. The Bertz CT molecular complexity index is 382. The minimum absolute atomic E-state index is 0.205. The van der Waals surface area contributed by atoms with Gasteiger partial charge in [0.1, 0.15) is 0 Å². The van der Waals surface area contributed by atoms with Gasteiger partial charge in [-0.05, 0) is 31.5 Å². The number of ether oxygens (including phenoxy) is 1. The molecule has 0 aliphatic carbocycles. The number of nitrogen functional groups attached to an aromatic ring is 1. The van der Waals surface area contributed by atoms with E-state index in [1.165, 1.54) is 0 Å². The van der Waals surface area contributed by atoms with Crippen LogP contribution in [0.4, 0.5) is 5.69 Å². The van der Waals surface area contributed by atoms with Gasteiger partial charge >= 0.3 is 5.97 Å². The molecule has 0 bridgehead atoms. The van der Waals surface area contributed by atoms with Crippen molar-refractivity contribution in [2.24, 2.45) is 0 Å². The van der Waals surface area contributed by atoms with Gasteiger partial charge in [-0.25, -0.2) is 0 Å². The highest BCUT2D eigenvalue weighted by Crippen LogP contribution is 2.09. The van der Waals surface area contributed by atoms with E-state index in [1.54, 1.807) is 32.0 Å². The number of nitrogens with two attached hydrogens (primary N) is 1. The highest BCUT2D eigenvalue weighted by atomic mass is 16.5. The van der Waals surface area contributed by atoms with E-state index in [-0.39, 0.29) is 19.0 Å². The number of aliphatic hydroxyl groups is 1. The van der Waals surface area contributed by atoms with E-state index in [4.69, 9.17) is 10.5 Å². The second-order valence-electron chi connectivity index (χ2n) is 4.70. The smallest absolute Gasteiger partial charge is 0.310 e. The molecule has 0 atom stereocenters. The molecule has 1 rings (SSSR count). The van der Waals surface area contributed by atoms with Gasteiger partial charge in [-0.15, -0.1) is 0 Å². The lowest BCUT2D eigenvalue weighted by molar-refractivity contribution is -0.144. The van der Waals surface area contributed by atoms with Gasteiger partial charge in [-0.3, -0.25) is 4.79 Å². The predicted octanol–water partition coefficient (Wildman–Crippen LogP) is 1.52. The Hall–Kier alpha value is -1.55. The number of rotatable bonds is 5. The van der Waals surface area contributed by atoms with Crippen LogP contribution in [-0.4, -0.2) is 23.3 Å². The summed E-state index contributed by atoms with van der Waals surface area (Å²) in [5.74, 6) is -0.306. The van der Waals surface area contributed by atoms with Gasteiger partial charge < -0.3 is 15.6 Å². The Labute approximate surface area is 101 Å². The van der Waals surface area contributed by atoms with Crippen LogP contribution >= 0.6 is 0 Å². The van der Waals surface area contributed by atoms with Gasteiger partial charge in [0.2, 0.25) is 0 Å². The molecule has 0 spiro atoms. The maximum atomic E-state index is 11.5. The van der Waals surface area contributed by atoms with Crippen molar-refractivity contribution < 1.29 is 14.6 Å². The number of anilines is 1. The summed E-state index contributed by atoms with van der Waals surface area (Å²) in [6.45, 7) is 3.59. The quantitative estimate of drug-likeness (QED) is 0.601. The van der Waals surface area contributed by atoms with Crippen molar-refractivity contribution >= 4 is 11.7 Å². The van der Waals surface area contributed by atoms with Gasteiger partial charge in [0.25, 0.3) is 0 Å². The zero-order valence-corrected chi connectivity index (χ0v) is 10.3. The van der Waals surface area contributed by atoms with Crippen molar-refractivity contribution in [1.29, 1.82) is 0 Å². The lowest BCUT2D eigenvalue weighted by atomic mass is 10.1. The average Bonchev–Trinajstić information content (AvgIpc) is 2.15. The van der Waals surface area contributed by atoms with E-state index in [1.807, 2.05) is 6.07 Å². The Morgan fingerprint density at radius 1 is 1.47 bits per heavy atom. The lowest BCUT2D eigenvalue weighted by Crippen LogP contribution is -2.22. The summed E-state index contributed by atoms with van der Waals surface area (Å²) in [6.07, 6.45) is 0.632. The third-order valence-electron chi connectivity index (χ3n) is 2.28. The van der Waals surface area contributed by atoms with E-state index in [9.17, 15) is 9.90 Å². The standard InChI is InChI=1S/C13H19NO3/c1-13(2,16)6-7-17-12(15)9-10-4-3-5-11(14)8-10/h3-5,8,16H,6-7,9,14H2,1-2H3. The van der Waals surface area contributed by atoms with Crippen LogP contribution in [0.25, 0.3) is 0 Å². The van der Waals surface area contributed by atoms with Crippen molar-refractivity contribution in [1.82, 2.24) is 0 Å². The van der Waals surface area contributed by atoms with Crippen LogP contribution in [0.5, 0.6) is 0 Å². The SMILES string of the molecule is CC(C)(O)CCOC(=O)Cc1cccc(N)c1. The summed E-state index contributed by atoms with van der Waals surface area (Å²) in [6, 6.07) is 7.14. The molecule has 0 saturated heterocycles. The van der Waals surface area contributed by atoms with Crippen LogP contribution in [0.15, 0.2) is 24.3 Å². The molecule has 1 aromatic carbocycles. The molecule has 0 unspecified atom stereocenters. The molecule has 4 nitrogen and oxygen atoms in total. The third kappa shape index (κ3) is 5.92. The Kier molecular flexibility index (Phi) is 4.52. The number of hydrogen-bond acceptors (Lipinski definition) is 4. The number of benzene rings is 1. The second kappa shape index (κ2) is 5.68. The predicted molar refractivity (Wildman–Crippen MR) is 66.4 cm³/mol. The number of esters is 1. The van der Waals surface area contributed by atoms with Crippen LogP contribution in [-0.2, 0) is 16.0 Å². The summed E-state index contributed by atoms with van der Waals surface area (Å²) >= 11 is 0. The van der Waals surface area contributed by atoms with Gasteiger partial charge in [-0.2, -0.15) is 0 Å². The highest BCUT2D eigenvalue weighted by molar-refractivity contribution is 5.73. The summed E-state index contributed by atoms with van der Waals surface area (Å²) in [5, 5.41) is 9.45. The van der Waals surface area contributed by atoms with Gasteiger partial charge in [0.05, 0.1) is 18.6 Å². The molecule has 0 aromatic heterocycles. The fraction of sp³-hybridized carbons (Fsp3) is 0.462. The van der Waals surface area contributed by atoms with Crippen molar-refractivity contribution in [2.75, 3.05) is 12.3 Å². The second-order valence-corrected chi connectivity index (χ2v) is 4.70. The first-order chi connectivity index (χ1) is 7.87. The molecule has 0 heterocycles. The molecule has 94 valence electrons. The molecule has 0 amide bonds. The number of carbonyl (C=O) groups excluding carboxylic acids is 1. The van der Waals surface area contributed by atoms with Crippen LogP contribution < -0.4 is 5.73 Å². The molecular formula is C13H19NO3. The number of carbonyl (C=O) groups is 1. The fourth-order valence-electron chi connectivity index (χ4n) is 1.34. The lowest BCUT2D eigenvalue weighted by Gasteiger charge is -2.16. The first kappa shape index (κ1) is 13.5. The zero-order valence-electron chi connectivity index (χ0n) is 10.3. The van der Waals surface area contributed by atoms with Crippen LogP contribution in [0.1, 0.15) is 25.8 Å². The van der Waals surface area contributed by atoms with Crippen molar-refractivity contribution in [3.05, 3.63) is 29.8 Å². The monoisotopic (exact) mass is 237 g/mol. The summed E-state index contributed by atoms with van der Waals surface area (Å²) in [5.41, 5.74) is 6.26. The summed E-state index contributed by atoms with van der Waals surface area (Å²) in [4.78, 5) is 11.5. The maximum Gasteiger partial charge on any atom is 0.310 e. The minimum Gasteiger partial charge on any atom is -0.465 e. The normalized spacial score (nSPS) is 11.2. The summed E-state index contributed by atoms with van der Waals surface area (Å²) in [7, 11) is 0. The van der Waals surface area contributed by atoms with Crippen molar-refractivity contribution in [2.45, 2.75) is 32.3 Å².